The molecule has 6 nitrogen and oxygen atoms in total. The number of rotatable bonds is 6. The van der Waals surface area contributed by atoms with Gasteiger partial charge in [-0.2, -0.15) is 5.10 Å². The first-order valence-electron chi connectivity index (χ1n) is 8.44. The monoisotopic (exact) mass is 374 g/mol. The second-order valence-corrected chi connectivity index (χ2v) is 6.36. The fourth-order valence-corrected chi connectivity index (χ4v) is 2.77. The van der Waals surface area contributed by atoms with E-state index in [1.54, 1.807) is 19.1 Å². The first-order valence-corrected chi connectivity index (χ1v) is 8.44. The van der Waals surface area contributed by atoms with Crippen LogP contribution in [0.25, 0.3) is 16.9 Å². The van der Waals surface area contributed by atoms with Crippen molar-refractivity contribution in [1.29, 1.82) is 0 Å². The van der Waals surface area contributed by atoms with E-state index in [1.807, 2.05) is 19.1 Å². The Bertz CT molecular complexity index is 954. The molecule has 0 bridgehead atoms. The number of fused-ring (bicyclic) bond motifs is 1. The van der Waals surface area contributed by atoms with E-state index in [9.17, 15) is 13.6 Å². The number of carbonyl (C=O) groups excluding carboxylic acids is 1. The summed E-state index contributed by atoms with van der Waals surface area (Å²) in [6.45, 7) is 4.05. The molecule has 0 fully saturated rings. The van der Waals surface area contributed by atoms with Crippen LogP contribution in [0.4, 0.5) is 8.78 Å². The van der Waals surface area contributed by atoms with Gasteiger partial charge in [0.1, 0.15) is 11.3 Å². The zero-order valence-electron chi connectivity index (χ0n) is 15.2. The quantitative estimate of drug-likeness (QED) is 0.718. The minimum atomic E-state index is -2.76. The highest BCUT2D eigenvalue weighted by Gasteiger charge is 2.22. The average molecular weight is 374 g/mol. The molecule has 0 aliphatic heterocycles. The topological polar surface area (TPSA) is 68.5 Å². The summed E-state index contributed by atoms with van der Waals surface area (Å²) in [6.07, 6.45) is -1.51. The Labute approximate surface area is 155 Å². The van der Waals surface area contributed by atoms with Crippen molar-refractivity contribution in [3.8, 4) is 11.3 Å². The second-order valence-electron chi connectivity index (χ2n) is 6.36. The number of hydrogen-bond acceptors (Lipinski definition) is 4. The third kappa shape index (κ3) is 3.95. The Morgan fingerprint density at radius 3 is 2.63 bits per heavy atom. The van der Waals surface area contributed by atoms with Crippen molar-refractivity contribution in [1.82, 2.24) is 19.9 Å². The number of hydrogen-bond donors (Lipinski definition) is 1. The Hall–Kier alpha value is -2.87. The number of benzene rings is 1. The van der Waals surface area contributed by atoms with Crippen LogP contribution in [-0.4, -0.2) is 40.3 Å². The van der Waals surface area contributed by atoms with Gasteiger partial charge in [0.05, 0.1) is 18.5 Å². The van der Waals surface area contributed by atoms with Crippen LogP contribution in [0.5, 0.6) is 0 Å². The van der Waals surface area contributed by atoms with E-state index in [2.05, 4.69) is 15.4 Å². The summed E-state index contributed by atoms with van der Waals surface area (Å²) >= 11 is 0. The van der Waals surface area contributed by atoms with Crippen LogP contribution in [0.1, 0.15) is 35.0 Å². The second kappa shape index (κ2) is 7.79. The number of methoxy groups -OCH3 is 1. The van der Waals surface area contributed by atoms with Crippen LogP contribution >= 0.6 is 0 Å². The van der Waals surface area contributed by atoms with Gasteiger partial charge in [0, 0.05) is 18.7 Å². The predicted octanol–water partition coefficient (Wildman–Crippen LogP) is 3.41. The van der Waals surface area contributed by atoms with Crippen molar-refractivity contribution in [2.24, 2.45) is 0 Å². The molecular formula is C19H20F2N4O2. The molecule has 3 aromatic rings. The van der Waals surface area contributed by atoms with E-state index >= 15 is 0 Å². The molecule has 27 heavy (non-hydrogen) atoms. The van der Waals surface area contributed by atoms with E-state index in [-0.39, 0.29) is 22.9 Å². The summed E-state index contributed by atoms with van der Waals surface area (Å²) in [5.74, 6) is -0.441. The molecule has 0 aliphatic carbocycles. The van der Waals surface area contributed by atoms with Gasteiger partial charge in [0.15, 0.2) is 5.65 Å². The number of aromatic nitrogens is 3. The molecule has 142 valence electrons. The van der Waals surface area contributed by atoms with Gasteiger partial charge in [-0.1, -0.05) is 29.8 Å². The Kier molecular flexibility index (Phi) is 5.46. The number of carbonyl (C=O) groups is 1. The van der Waals surface area contributed by atoms with E-state index in [0.717, 1.165) is 10.1 Å². The van der Waals surface area contributed by atoms with Crippen LogP contribution < -0.4 is 5.32 Å². The predicted molar refractivity (Wildman–Crippen MR) is 96.9 cm³/mol. The SMILES string of the molecule is COCC(C)NC(=O)c1cnn2c(C(F)F)cc(-c3ccc(C)cc3)nc12. The molecule has 2 aromatic heterocycles. The number of ether oxygens (including phenoxy) is 1. The Balaban J connectivity index is 2.09. The largest absolute Gasteiger partial charge is 0.383 e. The highest BCUT2D eigenvalue weighted by molar-refractivity contribution is 6.00. The third-order valence-electron chi connectivity index (χ3n) is 4.11. The van der Waals surface area contributed by atoms with Gasteiger partial charge in [0.2, 0.25) is 0 Å². The average Bonchev–Trinajstić information content (AvgIpc) is 3.05. The van der Waals surface area contributed by atoms with Crippen molar-refractivity contribution < 1.29 is 18.3 Å². The number of halogens is 2. The highest BCUT2D eigenvalue weighted by atomic mass is 19.3. The first kappa shape index (κ1) is 18.9. The number of nitrogens with zero attached hydrogens (tertiary/aromatic N) is 3. The van der Waals surface area contributed by atoms with E-state index in [4.69, 9.17) is 4.74 Å². The Morgan fingerprint density at radius 1 is 1.30 bits per heavy atom. The lowest BCUT2D eigenvalue weighted by molar-refractivity contribution is 0.0907. The molecule has 0 aliphatic rings. The number of nitrogens with one attached hydrogen (secondary N) is 1. The highest BCUT2D eigenvalue weighted by Crippen LogP contribution is 2.27. The molecule has 0 spiro atoms. The molecule has 0 radical (unpaired) electrons. The smallest absolute Gasteiger partial charge is 0.280 e. The van der Waals surface area contributed by atoms with Crippen LogP contribution in [0.2, 0.25) is 0 Å². The standard InChI is InChI=1S/C19H20F2N4O2/c1-11-4-6-13(7-5-11)15-8-16(17(20)21)25-18(24-15)14(9-22-25)19(26)23-12(2)10-27-3/h4-9,12,17H,10H2,1-3H3,(H,23,26). The van der Waals surface area contributed by atoms with E-state index < -0.39 is 12.3 Å². The first-order chi connectivity index (χ1) is 12.9. The molecule has 2 heterocycles. The van der Waals surface area contributed by atoms with Crippen molar-refractivity contribution in [3.63, 3.8) is 0 Å². The van der Waals surface area contributed by atoms with Crippen molar-refractivity contribution in [2.45, 2.75) is 26.3 Å². The maximum absolute atomic E-state index is 13.6. The van der Waals surface area contributed by atoms with Gasteiger partial charge in [0.25, 0.3) is 12.3 Å². The Morgan fingerprint density at radius 2 is 2.00 bits per heavy atom. The normalized spacial score (nSPS) is 12.5. The maximum Gasteiger partial charge on any atom is 0.280 e. The van der Waals surface area contributed by atoms with Crippen molar-refractivity contribution in [3.05, 3.63) is 53.3 Å². The lowest BCUT2D eigenvalue weighted by Gasteiger charge is -2.12. The zero-order chi connectivity index (χ0) is 19.6. The lowest BCUT2D eigenvalue weighted by atomic mass is 10.1. The molecule has 1 atom stereocenters. The molecule has 0 saturated carbocycles. The number of alkyl halides is 2. The minimum Gasteiger partial charge on any atom is -0.383 e. The van der Waals surface area contributed by atoms with Gasteiger partial charge in [-0.15, -0.1) is 0 Å². The third-order valence-corrected chi connectivity index (χ3v) is 4.11. The molecule has 1 N–H and O–H groups in total. The van der Waals surface area contributed by atoms with E-state index in [1.165, 1.54) is 19.4 Å². The van der Waals surface area contributed by atoms with Crippen LogP contribution in [0, 0.1) is 6.92 Å². The molecular weight excluding hydrogens is 354 g/mol. The summed E-state index contributed by atoms with van der Waals surface area (Å²) in [4.78, 5) is 17.0. The van der Waals surface area contributed by atoms with Gasteiger partial charge in [-0.3, -0.25) is 4.79 Å². The van der Waals surface area contributed by atoms with Crippen molar-refractivity contribution >= 4 is 11.6 Å². The molecule has 8 heteroatoms. The summed E-state index contributed by atoms with van der Waals surface area (Å²) < 4.78 is 33.2. The summed E-state index contributed by atoms with van der Waals surface area (Å²) in [6, 6.07) is 8.41. The number of aryl methyl sites for hydroxylation is 1. The minimum absolute atomic E-state index is 0.0884. The van der Waals surface area contributed by atoms with Crippen LogP contribution in [-0.2, 0) is 4.74 Å². The lowest BCUT2D eigenvalue weighted by Crippen LogP contribution is -2.35. The number of amides is 1. The molecule has 1 unspecified atom stereocenters. The van der Waals surface area contributed by atoms with E-state index in [0.29, 0.717) is 17.9 Å². The summed E-state index contributed by atoms with van der Waals surface area (Å²) in [5, 5.41) is 6.69. The zero-order valence-corrected chi connectivity index (χ0v) is 15.2. The van der Waals surface area contributed by atoms with Gasteiger partial charge in [-0.05, 0) is 19.9 Å². The van der Waals surface area contributed by atoms with Gasteiger partial charge in [-0.25, -0.2) is 18.3 Å². The van der Waals surface area contributed by atoms with Crippen LogP contribution in [0.3, 0.4) is 0 Å². The molecule has 3 rings (SSSR count). The summed E-state index contributed by atoms with van der Waals surface area (Å²) in [7, 11) is 1.53. The van der Waals surface area contributed by atoms with Crippen LogP contribution in [0.15, 0.2) is 36.5 Å². The summed E-state index contributed by atoms with van der Waals surface area (Å²) in [5.41, 5.74) is 1.99. The van der Waals surface area contributed by atoms with Gasteiger partial charge < -0.3 is 10.1 Å². The van der Waals surface area contributed by atoms with Gasteiger partial charge >= 0.3 is 0 Å². The molecule has 1 amide bonds. The fraction of sp³-hybridized carbons (Fsp3) is 0.316. The molecule has 1 aromatic carbocycles. The fourth-order valence-electron chi connectivity index (χ4n) is 2.77. The maximum atomic E-state index is 13.6. The van der Waals surface area contributed by atoms with Crippen molar-refractivity contribution in [2.75, 3.05) is 13.7 Å². The molecule has 0 saturated heterocycles.